The van der Waals surface area contributed by atoms with E-state index in [2.05, 4.69) is 25.6 Å². The molecule has 0 saturated carbocycles. The Kier molecular flexibility index (Phi) is 6.77. The minimum atomic E-state index is -0.886. The third-order valence-electron chi connectivity index (χ3n) is 4.18. The molecule has 1 unspecified atom stereocenters. The molecule has 29 heavy (non-hydrogen) atoms. The molecule has 0 spiro atoms. The average Bonchev–Trinajstić information content (AvgIpc) is 3.21. The van der Waals surface area contributed by atoms with Crippen LogP contribution in [0.1, 0.15) is 25.8 Å². The molecule has 1 atom stereocenters. The highest BCUT2D eigenvalue weighted by molar-refractivity contribution is 6.30. The van der Waals surface area contributed by atoms with Crippen molar-refractivity contribution in [1.82, 2.24) is 24.8 Å². The van der Waals surface area contributed by atoms with Gasteiger partial charge in [-0.25, -0.2) is 4.98 Å². The van der Waals surface area contributed by atoms with Crippen molar-refractivity contribution in [2.75, 3.05) is 5.32 Å². The van der Waals surface area contributed by atoms with Crippen molar-refractivity contribution >= 4 is 23.3 Å². The summed E-state index contributed by atoms with van der Waals surface area (Å²) in [5.41, 5.74) is 0.932. The molecule has 0 fully saturated rings. The number of aromatic nitrogens is 4. The first kappa shape index (κ1) is 20.7. The molecule has 0 bridgehead atoms. The Labute approximate surface area is 173 Å². The predicted octanol–water partition coefficient (Wildman–Crippen LogP) is 3.60. The standard InChI is InChI=1S/C20H22ClFN6O/c1-13(2)9-16(19(29)24-11-14-3-5-15(21)6-4-14)25-17-10-18(27-20(22)26-17)28-8-7-23-12-28/h3-8,10,12-13,16H,9,11H2,1-2H3,(H,24,29)(H,25,26,27). The predicted molar refractivity (Wildman–Crippen MR) is 109 cm³/mol. The van der Waals surface area contributed by atoms with Crippen LogP contribution in [0.5, 0.6) is 0 Å². The zero-order chi connectivity index (χ0) is 20.8. The van der Waals surface area contributed by atoms with Crippen molar-refractivity contribution in [2.45, 2.75) is 32.9 Å². The zero-order valence-electron chi connectivity index (χ0n) is 16.1. The van der Waals surface area contributed by atoms with Gasteiger partial charge in [0.05, 0.1) is 0 Å². The lowest BCUT2D eigenvalue weighted by Crippen LogP contribution is -2.40. The summed E-state index contributed by atoms with van der Waals surface area (Å²) in [6.07, 6.45) is 4.40. The largest absolute Gasteiger partial charge is 0.358 e. The number of hydrogen-bond donors (Lipinski definition) is 2. The topological polar surface area (TPSA) is 84.7 Å². The van der Waals surface area contributed by atoms with Crippen molar-refractivity contribution in [2.24, 2.45) is 5.92 Å². The van der Waals surface area contributed by atoms with Gasteiger partial charge in [0, 0.05) is 30.0 Å². The van der Waals surface area contributed by atoms with E-state index in [1.807, 2.05) is 26.0 Å². The van der Waals surface area contributed by atoms with Crippen LogP contribution >= 0.6 is 11.6 Å². The molecule has 2 N–H and O–H groups in total. The third-order valence-corrected chi connectivity index (χ3v) is 4.43. The number of nitrogens with zero attached hydrogens (tertiary/aromatic N) is 4. The highest BCUT2D eigenvalue weighted by atomic mass is 35.5. The van der Waals surface area contributed by atoms with Crippen molar-refractivity contribution in [3.05, 3.63) is 65.7 Å². The normalized spacial score (nSPS) is 12.0. The summed E-state index contributed by atoms with van der Waals surface area (Å²) in [4.78, 5) is 24.3. The van der Waals surface area contributed by atoms with E-state index in [0.717, 1.165) is 5.56 Å². The number of hydrogen-bond acceptors (Lipinski definition) is 5. The molecule has 0 aliphatic heterocycles. The fraction of sp³-hybridized carbons (Fsp3) is 0.300. The summed E-state index contributed by atoms with van der Waals surface area (Å²) in [5, 5.41) is 6.58. The van der Waals surface area contributed by atoms with Gasteiger partial charge >= 0.3 is 6.08 Å². The molecular weight excluding hydrogens is 395 g/mol. The Hall–Kier alpha value is -3.00. The van der Waals surface area contributed by atoms with E-state index in [0.29, 0.717) is 23.8 Å². The van der Waals surface area contributed by atoms with Crippen molar-refractivity contribution in [3.63, 3.8) is 0 Å². The first-order valence-electron chi connectivity index (χ1n) is 9.22. The molecule has 1 aromatic carbocycles. The monoisotopic (exact) mass is 416 g/mol. The molecule has 0 saturated heterocycles. The van der Waals surface area contributed by atoms with Gasteiger partial charge in [-0.1, -0.05) is 37.6 Å². The Bertz CT molecular complexity index is 946. The van der Waals surface area contributed by atoms with E-state index in [-0.39, 0.29) is 17.6 Å². The highest BCUT2D eigenvalue weighted by Gasteiger charge is 2.21. The van der Waals surface area contributed by atoms with Crippen molar-refractivity contribution < 1.29 is 9.18 Å². The van der Waals surface area contributed by atoms with Crippen LogP contribution in [0.2, 0.25) is 5.02 Å². The van der Waals surface area contributed by atoms with E-state index in [1.54, 1.807) is 35.2 Å². The van der Waals surface area contributed by atoms with Crippen LogP contribution in [-0.2, 0) is 11.3 Å². The molecule has 0 radical (unpaired) electrons. The van der Waals surface area contributed by atoms with Gasteiger partial charge in [0.1, 0.15) is 24.0 Å². The minimum Gasteiger partial charge on any atom is -0.358 e. The fourth-order valence-electron chi connectivity index (χ4n) is 2.80. The zero-order valence-corrected chi connectivity index (χ0v) is 16.9. The highest BCUT2D eigenvalue weighted by Crippen LogP contribution is 2.15. The molecule has 1 amide bonds. The van der Waals surface area contributed by atoms with Crippen LogP contribution in [0.4, 0.5) is 10.2 Å². The number of benzene rings is 1. The summed E-state index contributed by atoms with van der Waals surface area (Å²) in [7, 11) is 0. The van der Waals surface area contributed by atoms with Gasteiger partial charge in [0.2, 0.25) is 5.91 Å². The summed E-state index contributed by atoms with van der Waals surface area (Å²) < 4.78 is 15.5. The van der Waals surface area contributed by atoms with E-state index >= 15 is 0 Å². The first-order valence-corrected chi connectivity index (χ1v) is 9.60. The number of carbonyl (C=O) groups excluding carboxylic acids is 1. The molecule has 2 aromatic heterocycles. The summed E-state index contributed by atoms with van der Waals surface area (Å²) in [6.45, 7) is 4.39. The van der Waals surface area contributed by atoms with Crippen LogP contribution in [0.25, 0.3) is 5.82 Å². The smallest absolute Gasteiger partial charge is 0.312 e. The van der Waals surface area contributed by atoms with E-state index in [4.69, 9.17) is 11.6 Å². The fourth-order valence-corrected chi connectivity index (χ4v) is 2.93. The number of amides is 1. The number of carbonyl (C=O) groups is 1. The lowest BCUT2D eigenvalue weighted by molar-refractivity contribution is -0.122. The van der Waals surface area contributed by atoms with Gasteiger partial charge in [0.15, 0.2) is 0 Å². The lowest BCUT2D eigenvalue weighted by atomic mass is 10.0. The molecule has 152 valence electrons. The lowest BCUT2D eigenvalue weighted by Gasteiger charge is -2.21. The maximum atomic E-state index is 13.9. The van der Waals surface area contributed by atoms with Crippen LogP contribution < -0.4 is 10.6 Å². The van der Waals surface area contributed by atoms with Gasteiger partial charge in [-0.15, -0.1) is 0 Å². The maximum Gasteiger partial charge on any atom is 0.312 e. The van der Waals surface area contributed by atoms with E-state index in [9.17, 15) is 9.18 Å². The Morgan fingerprint density at radius 2 is 2.00 bits per heavy atom. The number of nitrogens with one attached hydrogen (secondary N) is 2. The molecule has 0 aliphatic rings. The molecule has 3 rings (SSSR count). The number of anilines is 1. The number of halogens is 2. The van der Waals surface area contributed by atoms with Crippen molar-refractivity contribution in [3.8, 4) is 5.82 Å². The first-order chi connectivity index (χ1) is 13.9. The van der Waals surface area contributed by atoms with Gasteiger partial charge in [-0.05, 0) is 30.0 Å². The maximum absolute atomic E-state index is 13.9. The Balaban J connectivity index is 1.73. The van der Waals surface area contributed by atoms with Crippen LogP contribution in [0, 0.1) is 12.0 Å². The average molecular weight is 417 g/mol. The van der Waals surface area contributed by atoms with Gasteiger partial charge in [0.25, 0.3) is 0 Å². The SMILES string of the molecule is CC(C)CC(Nc1cc(-n2ccnc2)nc(F)n1)C(=O)NCc1ccc(Cl)cc1. The molecule has 9 heteroatoms. The van der Waals surface area contributed by atoms with Crippen LogP contribution in [0.15, 0.2) is 49.1 Å². The molecule has 0 aliphatic carbocycles. The van der Waals surface area contributed by atoms with Gasteiger partial charge in [-0.2, -0.15) is 14.4 Å². The molecule has 7 nitrogen and oxygen atoms in total. The second-order valence-electron chi connectivity index (χ2n) is 7.02. The molecule has 3 aromatic rings. The Morgan fingerprint density at radius 1 is 1.24 bits per heavy atom. The van der Waals surface area contributed by atoms with Gasteiger partial charge in [-0.3, -0.25) is 9.36 Å². The summed E-state index contributed by atoms with van der Waals surface area (Å²) in [5.74, 6) is 0.598. The van der Waals surface area contributed by atoms with E-state index < -0.39 is 12.1 Å². The second kappa shape index (κ2) is 9.47. The van der Waals surface area contributed by atoms with Crippen LogP contribution in [-0.4, -0.2) is 31.5 Å². The Morgan fingerprint density at radius 3 is 2.66 bits per heavy atom. The van der Waals surface area contributed by atoms with Crippen molar-refractivity contribution in [1.29, 1.82) is 0 Å². The summed E-state index contributed by atoms with van der Waals surface area (Å²) in [6, 6.07) is 8.25. The molecule has 2 heterocycles. The van der Waals surface area contributed by atoms with Crippen LogP contribution in [0.3, 0.4) is 0 Å². The number of imidazole rings is 1. The third kappa shape index (κ3) is 5.99. The number of rotatable bonds is 8. The van der Waals surface area contributed by atoms with Gasteiger partial charge < -0.3 is 10.6 Å². The minimum absolute atomic E-state index is 0.197. The van der Waals surface area contributed by atoms with E-state index in [1.165, 1.54) is 6.33 Å². The molecular formula is C20H22ClFN6O. The summed E-state index contributed by atoms with van der Waals surface area (Å²) >= 11 is 5.89. The quantitative estimate of drug-likeness (QED) is 0.548. The second-order valence-corrected chi connectivity index (χ2v) is 7.46.